The first-order valence-corrected chi connectivity index (χ1v) is 18.8. The van der Waals surface area contributed by atoms with Crippen molar-refractivity contribution in [2.75, 3.05) is 49.1 Å². The average molecular weight is 742 g/mol. The molecule has 5 aliphatic rings. The summed E-state index contributed by atoms with van der Waals surface area (Å²) in [5.74, 6) is 0.911. The van der Waals surface area contributed by atoms with Crippen LogP contribution in [0.4, 0.5) is 20.7 Å². The molecular weight excluding hydrogens is 699 g/mol. The number of alkyl halides is 1. The first-order valence-electron chi connectivity index (χ1n) is 18.0. The molecule has 6 heterocycles. The molecule has 3 aromatic carbocycles. The molecule has 0 spiro atoms. The van der Waals surface area contributed by atoms with Crippen LogP contribution in [0.3, 0.4) is 0 Å². The number of piperazine rings is 1. The fraction of sp³-hybridized carbons (Fsp3) is 0.462. The number of fused-ring (bicyclic) bond motifs is 5. The number of carbonyl (C=O) groups is 1. The summed E-state index contributed by atoms with van der Waals surface area (Å²) in [4.78, 5) is 32.6. The molecule has 4 saturated heterocycles. The molecular formula is C39H42BrFN6O3. The van der Waals surface area contributed by atoms with Gasteiger partial charge in [-0.25, -0.2) is 9.18 Å². The second kappa shape index (κ2) is 13.0. The molecule has 0 radical (unpaired) electrons. The second-order valence-electron chi connectivity index (χ2n) is 14.6. The minimum atomic E-state index is -0.821. The van der Waals surface area contributed by atoms with E-state index in [0.717, 1.165) is 72.3 Å². The first kappa shape index (κ1) is 32.0. The Morgan fingerprint density at radius 3 is 2.56 bits per heavy atom. The Kier molecular flexibility index (Phi) is 8.30. The summed E-state index contributed by atoms with van der Waals surface area (Å²) in [6.45, 7) is 4.88. The molecule has 9 nitrogen and oxygen atoms in total. The van der Waals surface area contributed by atoms with Crippen LogP contribution in [-0.2, 0) is 24.3 Å². The second-order valence-corrected chi connectivity index (χ2v) is 15.5. The maximum atomic E-state index is 14.6. The maximum absolute atomic E-state index is 14.6. The number of aromatic nitrogens is 2. The monoisotopic (exact) mass is 740 g/mol. The van der Waals surface area contributed by atoms with Gasteiger partial charge in [-0.05, 0) is 61.7 Å². The van der Waals surface area contributed by atoms with E-state index in [1.165, 1.54) is 16.5 Å². The van der Waals surface area contributed by atoms with Crippen LogP contribution in [0.25, 0.3) is 10.8 Å². The molecule has 0 N–H and O–H groups in total. The van der Waals surface area contributed by atoms with Gasteiger partial charge in [0.2, 0.25) is 0 Å². The molecule has 4 aromatic rings. The van der Waals surface area contributed by atoms with Crippen molar-refractivity contribution < 1.29 is 18.7 Å². The molecule has 2 unspecified atom stereocenters. The van der Waals surface area contributed by atoms with Crippen molar-refractivity contribution in [1.29, 1.82) is 0 Å². The molecule has 5 aliphatic heterocycles. The van der Waals surface area contributed by atoms with Crippen LogP contribution >= 0.6 is 15.9 Å². The van der Waals surface area contributed by atoms with E-state index in [1.54, 1.807) is 0 Å². The number of carbonyl (C=O) groups excluding carboxylic acids is 1. The summed E-state index contributed by atoms with van der Waals surface area (Å²) in [6, 6.07) is 23.1. The third-order valence-electron chi connectivity index (χ3n) is 11.6. The van der Waals surface area contributed by atoms with Gasteiger partial charge in [0.1, 0.15) is 25.2 Å². The van der Waals surface area contributed by atoms with Crippen molar-refractivity contribution in [2.45, 2.75) is 75.5 Å². The Balaban J connectivity index is 1.00. The number of benzene rings is 3. The van der Waals surface area contributed by atoms with Gasteiger partial charge in [-0.2, -0.15) is 9.97 Å². The normalized spacial score (nSPS) is 26.0. The third-order valence-corrected chi connectivity index (χ3v) is 12.3. The number of ether oxygens (including phenoxy) is 2. The van der Waals surface area contributed by atoms with Gasteiger partial charge in [0.15, 0.2) is 0 Å². The molecule has 1 aromatic heterocycles. The van der Waals surface area contributed by atoms with Crippen molar-refractivity contribution >= 4 is 44.3 Å². The van der Waals surface area contributed by atoms with Gasteiger partial charge in [-0.3, -0.25) is 9.80 Å². The highest BCUT2D eigenvalue weighted by molar-refractivity contribution is 9.10. The lowest BCUT2D eigenvalue weighted by Gasteiger charge is -2.42. The van der Waals surface area contributed by atoms with E-state index < -0.39 is 6.17 Å². The van der Waals surface area contributed by atoms with Crippen LogP contribution in [0.2, 0.25) is 0 Å². The molecule has 2 bridgehead atoms. The standard InChI is InChI=1S/C39H42BrFN6O3/c40-32-11-4-9-27-10-5-12-34(35(27)32)44-18-15-31-33(23-44)42-37(50-25-39-16-6-17-46(39)20-28(41)19-39)43-36(31)45-21-29-13-14-30(22-45)47(29)38(48)49-24-26-7-2-1-3-8-26/h1-5,7-12,28-30H,6,13-25H2/t28-,29?,30?,39+/m0/s1. The Bertz CT molecular complexity index is 1900. The van der Waals surface area contributed by atoms with Crippen molar-refractivity contribution in [3.63, 3.8) is 0 Å². The minimum Gasteiger partial charge on any atom is -0.461 e. The largest absolute Gasteiger partial charge is 0.461 e. The smallest absolute Gasteiger partial charge is 0.410 e. The number of hydrogen-bond donors (Lipinski definition) is 0. The molecule has 0 saturated carbocycles. The summed E-state index contributed by atoms with van der Waals surface area (Å²) in [6.07, 6.45) is 4.09. The number of nitrogens with zero attached hydrogens (tertiary/aromatic N) is 6. The molecule has 4 atom stereocenters. The summed E-state index contributed by atoms with van der Waals surface area (Å²) >= 11 is 3.81. The summed E-state index contributed by atoms with van der Waals surface area (Å²) in [7, 11) is 0. The lowest BCUT2D eigenvalue weighted by atomic mass is 9.95. The molecule has 260 valence electrons. The third kappa shape index (κ3) is 5.76. The van der Waals surface area contributed by atoms with E-state index in [1.807, 2.05) is 35.2 Å². The highest BCUT2D eigenvalue weighted by Crippen LogP contribution is 2.42. The van der Waals surface area contributed by atoms with E-state index in [-0.39, 0.29) is 30.3 Å². The number of rotatable bonds is 7. The van der Waals surface area contributed by atoms with Gasteiger partial charge >= 0.3 is 12.1 Å². The van der Waals surface area contributed by atoms with Crippen LogP contribution < -0.4 is 14.5 Å². The molecule has 11 heteroatoms. The topological polar surface area (TPSA) is 74.3 Å². The van der Waals surface area contributed by atoms with Crippen LogP contribution in [0.5, 0.6) is 6.01 Å². The van der Waals surface area contributed by atoms with Crippen LogP contribution in [0.15, 0.2) is 71.2 Å². The number of halogens is 2. The summed E-state index contributed by atoms with van der Waals surface area (Å²) in [5.41, 5.74) is 3.98. The Hall–Kier alpha value is -3.96. The summed E-state index contributed by atoms with van der Waals surface area (Å²) < 4.78 is 28.0. The predicted octanol–water partition coefficient (Wildman–Crippen LogP) is 6.90. The van der Waals surface area contributed by atoms with Crippen molar-refractivity contribution in [3.05, 3.63) is 88.0 Å². The van der Waals surface area contributed by atoms with Gasteiger partial charge in [0.25, 0.3) is 0 Å². The zero-order valence-electron chi connectivity index (χ0n) is 28.1. The van der Waals surface area contributed by atoms with Gasteiger partial charge in [-0.1, -0.05) is 70.5 Å². The molecule has 0 aliphatic carbocycles. The SMILES string of the molecule is O=C(OCc1ccccc1)N1C2CCC1CN(c1nc(OC[C@]34CCCN3C[C@@H](F)C4)nc3c1CCN(c1cccc4cccc(Br)c14)C3)C2. The van der Waals surface area contributed by atoms with Gasteiger partial charge < -0.3 is 19.3 Å². The lowest BCUT2D eigenvalue weighted by molar-refractivity contribution is 0.0732. The van der Waals surface area contributed by atoms with Crippen molar-refractivity contribution in [3.8, 4) is 6.01 Å². The van der Waals surface area contributed by atoms with Crippen LogP contribution in [-0.4, -0.2) is 89.0 Å². The Morgan fingerprint density at radius 1 is 0.940 bits per heavy atom. The van der Waals surface area contributed by atoms with E-state index in [0.29, 0.717) is 45.2 Å². The molecule has 9 rings (SSSR count). The van der Waals surface area contributed by atoms with E-state index in [4.69, 9.17) is 19.4 Å². The zero-order valence-corrected chi connectivity index (χ0v) is 29.7. The van der Waals surface area contributed by atoms with Gasteiger partial charge in [-0.15, -0.1) is 0 Å². The molecule has 4 fully saturated rings. The predicted molar refractivity (Wildman–Crippen MR) is 194 cm³/mol. The highest BCUT2D eigenvalue weighted by atomic mass is 79.9. The summed E-state index contributed by atoms with van der Waals surface area (Å²) in [5, 5.41) is 2.38. The lowest BCUT2D eigenvalue weighted by Crippen LogP contribution is -2.56. The fourth-order valence-corrected chi connectivity index (χ4v) is 9.86. The first-order chi connectivity index (χ1) is 24.4. The van der Waals surface area contributed by atoms with E-state index >= 15 is 0 Å². The zero-order chi connectivity index (χ0) is 33.8. The highest BCUT2D eigenvalue weighted by Gasteiger charge is 2.50. The van der Waals surface area contributed by atoms with Gasteiger partial charge in [0.05, 0.1) is 29.9 Å². The minimum absolute atomic E-state index is 0.0473. The number of amides is 1. The Morgan fingerprint density at radius 2 is 1.74 bits per heavy atom. The molecule has 50 heavy (non-hydrogen) atoms. The van der Waals surface area contributed by atoms with Crippen molar-refractivity contribution in [1.82, 2.24) is 19.8 Å². The van der Waals surface area contributed by atoms with Crippen LogP contribution in [0.1, 0.15) is 48.9 Å². The molecule has 1 amide bonds. The van der Waals surface area contributed by atoms with E-state index in [2.05, 4.69) is 67.0 Å². The van der Waals surface area contributed by atoms with Crippen molar-refractivity contribution in [2.24, 2.45) is 0 Å². The number of anilines is 2. The number of hydrogen-bond acceptors (Lipinski definition) is 8. The Labute approximate surface area is 300 Å². The van der Waals surface area contributed by atoms with E-state index in [9.17, 15) is 9.18 Å². The average Bonchev–Trinajstić information content (AvgIpc) is 3.76. The maximum Gasteiger partial charge on any atom is 0.410 e. The van der Waals surface area contributed by atoms with Crippen LogP contribution in [0, 0.1) is 0 Å². The quantitative estimate of drug-likeness (QED) is 0.203. The van der Waals surface area contributed by atoms with Gasteiger partial charge in [0, 0.05) is 53.7 Å². The fourth-order valence-electron chi connectivity index (χ4n) is 9.28.